The lowest BCUT2D eigenvalue weighted by molar-refractivity contribution is 0.0386. The van der Waals surface area contributed by atoms with Crippen molar-refractivity contribution in [3.63, 3.8) is 0 Å². The highest BCUT2D eigenvalue weighted by molar-refractivity contribution is 9.10. The standard InChI is InChI=1S/C13H22BrN3O/c1-9(2)17-13(11(14)7-16-17)12(15-3)10-5-4-6-18-8-10/h7,9-10,12,15H,4-6,8H2,1-3H3. The van der Waals surface area contributed by atoms with Gasteiger partial charge in [-0.15, -0.1) is 0 Å². The van der Waals surface area contributed by atoms with E-state index >= 15 is 0 Å². The van der Waals surface area contributed by atoms with Gasteiger partial charge in [-0.1, -0.05) is 0 Å². The van der Waals surface area contributed by atoms with Crippen molar-refractivity contribution in [1.82, 2.24) is 15.1 Å². The lowest BCUT2D eigenvalue weighted by atomic mass is 9.91. The van der Waals surface area contributed by atoms with Crippen LogP contribution in [-0.4, -0.2) is 30.0 Å². The third kappa shape index (κ3) is 2.78. The summed E-state index contributed by atoms with van der Waals surface area (Å²) >= 11 is 3.63. The van der Waals surface area contributed by atoms with Gasteiger partial charge < -0.3 is 10.1 Å². The molecule has 18 heavy (non-hydrogen) atoms. The van der Waals surface area contributed by atoms with E-state index in [0.717, 1.165) is 24.1 Å². The molecule has 1 fully saturated rings. The molecule has 1 aromatic rings. The number of hydrogen-bond acceptors (Lipinski definition) is 3. The lowest BCUT2D eigenvalue weighted by Crippen LogP contribution is -2.33. The Labute approximate surface area is 117 Å². The van der Waals surface area contributed by atoms with Gasteiger partial charge in [-0.2, -0.15) is 5.10 Å². The van der Waals surface area contributed by atoms with Gasteiger partial charge in [-0.3, -0.25) is 4.68 Å². The zero-order valence-corrected chi connectivity index (χ0v) is 12.9. The first-order valence-corrected chi connectivity index (χ1v) is 7.42. The van der Waals surface area contributed by atoms with Gasteiger partial charge in [0.25, 0.3) is 0 Å². The van der Waals surface area contributed by atoms with E-state index in [1.165, 1.54) is 12.1 Å². The van der Waals surface area contributed by atoms with Crippen molar-refractivity contribution >= 4 is 15.9 Å². The SMILES string of the molecule is CNC(c1c(Br)cnn1C(C)C)C1CCCOC1. The highest BCUT2D eigenvalue weighted by atomic mass is 79.9. The van der Waals surface area contributed by atoms with E-state index in [-0.39, 0.29) is 0 Å². The van der Waals surface area contributed by atoms with Crippen LogP contribution in [0.5, 0.6) is 0 Å². The smallest absolute Gasteiger partial charge is 0.0702 e. The van der Waals surface area contributed by atoms with Gasteiger partial charge in [-0.05, 0) is 49.7 Å². The normalized spacial score (nSPS) is 22.4. The Morgan fingerprint density at radius 3 is 2.89 bits per heavy atom. The first-order chi connectivity index (χ1) is 8.65. The van der Waals surface area contributed by atoms with Gasteiger partial charge in [0.15, 0.2) is 0 Å². The first kappa shape index (κ1) is 14.0. The van der Waals surface area contributed by atoms with Crippen LogP contribution in [0.1, 0.15) is 44.5 Å². The zero-order chi connectivity index (χ0) is 13.1. The van der Waals surface area contributed by atoms with E-state index in [9.17, 15) is 0 Å². The van der Waals surface area contributed by atoms with Gasteiger partial charge in [-0.25, -0.2) is 0 Å². The molecule has 0 radical (unpaired) electrons. The van der Waals surface area contributed by atoms with Crippen LogP contribution in [0.15, 0.2) is 10.7 Å². The Morgan fingerprint density at radius 1 is 1.56 bits per heavy atom. The fourth-order valence-electron chi connectivity index (χ4n) is 2.68. The second kappa shape index (κ2) is 6.17. The predicted octanol–water partition coefficient (Wildman–Crippen LogP) is 2.91. The van der Waals surface area contributed by atoms with Crippen LogP contribution >= 0.6 is 15.9 Å². The summed E-state index contributed by atoms with van der Waals surface area (Å²) in [6.07, 6.45) is 4.25. The van der Waals surface area contributed by atoms with Crippen LogP contribution in [0.2, 0.25) is 0 Å². The van der Waals surface area contributed by atoms with Crippen molar-refractivity contribution in [3.8, 4) is 0 Å². The summed E-state index contributed by atoms with van der Waals surface area (Å²) in [7, 11) is 2.02. The minimum atomic E-state index is 0.296. The monoisotopic (exact) mass is 315 g/mol. The molecule has 102 valence electrons. The summed E-state index contributed by atoms with van der Waals surface area (Å²) in [4.78, 5) is 0. The molecule has 4 nitrogen and oxygen atoms in total. The maximum Gasteiger partial charge on any atom is 0.0702 e. The summed E-state index contributed by atoms with van der Waals surface area (Å²) in [5.74, 6) is 0.522. The third-order valence-corrected chi connectivity index (χ3v) is 4.16. The number of ether oxygens (including phenoxy) is 1. The Balaban J connectivity index is 2.28. The van der Waals surface area contributed by atoms with Crippen molar-refractivity contribution in [3.05, 3.63) is 16.4 Å². The van der Waals surface area contributed by atoms with E-state index in [2.05, 4.69) is 44.9 Å². The van der Waals surface area contributed by atoms with Gasteiger partial charge in [0.05, 0.1) is 29.0 Å². The van der Waals surface area contributed by atoms with Crippen molar-refractivity contribution in [2.24, 2.45) is 5.92 Å². The van der Waals surface area contributed by atoms with Crippen LogP contribution in [0.3, 0.4) is 0 Å². The van der Waals surface area contributed by atoms with Crippen LogP contribution in [0, 0.1) is 5.92 Å². The molecule has 0 bridgehead atoms. The molecule has 0 aromatic carbocycles. The first-order valence-electron chi connectivity index (χ1n) is 6.63. The van der Waals surface area contributed by atoms with Crippen LogP contribution in [-0.2, 0) is 4.74 Å². The van der Waals surface area contributed by atoms with Crippen molar-refractivity contribution in [1.29, 1.82) is 0 Å². The summed E-state index contributed by atoms with van der Waals surface area (Å²) in [6, 6.07) is 0.663. The third-order valence-electron chi connectivity index (χ3n) is 3.55. The van der Waals surface area contributed by atoms with Crippen molar-refractivity contribution in [2.45, 2.75) is 38.8 Å². The Morgan fingerprint density at radius 2 is 2.33 bits per heavy atom. The number of halogens is 1. The molecule has 2 rings (SSSR count). The summed E-state index contributed by atoms with van der Waals surface area (Å²) in [6.45, 7) is 6.05. The van der Waals surface area contributed by atoms with Gasteiger partial charge in [0, 0.05) is 18.6 Å². The summed E-state index contributed by atoms with van der Waals surface area (Å²) in [5, 5.41) is 7.91. The van der Waals surface area contributed by atoms with E-state index in [1.807, 2.05) is 13.2 Å². The molecule has 1 saturated heterocycles. The Kier molecular flexibility index (Phi) is 4.81. The number of hydrogen-bond donors (Lipinski definition) is 1. The molecular weight excluding hydrogens is 294 g/mol. The topological polar surface area (TPSA) is 39.1 Å². The summed E-state index contributed by atoms with van der Waals surface area (Å²) in [5.41, 5.74) is 1.24. The van der Waals surface area contributed by atoms with Crippen LogP contribution < -0.4 is 5.32 Å². The molecule has 0 saturated carbocycles. The molecular formula is C13H22BrN3O. The summed E-state index contributed by atoms with van der Waals surface area (Å²) < 4.78 is 8.80. The van der Waals surface area contributed by atoms with Gasteiger partial charge in [0.2, 0.25) is 0 Å². The van der Waals surface area contributed by atoms with Crippen LogP contribution in [0.4, 0.5) is 0 Å². The van der Waals surface area contributed by atoms with Crippen molar-refractivity contribution in [2.75, 3.05) is 20.3 Å². The van der Waals surface area contributed by atoms with E-state index in [4.69, 9.17) is 4.74 Å². The molecule has 2 atom stereocenters. The van der Waals surface area contributed by atoms with Gasteiger partial charge in [0.1, 0.15) is 0 Å². The van der Waals surface area contributed by atoms with E-state index < -0.39 is 0 Å². The quantitative estimate of drug-likeness (QED) is 0.928. The predicted molar refractivity (Wildman–Crippen MR) is 75.7 cm³/mol. The molecule has 1 N–H and O–H groups in total. The van der Waals surface area contributed by atoms with Crippen LogP contribution in [0.25, 0.3) is 0 Å². The largest absolute Gasteiger partial charge is 0.381 e. The zero-order valence-electron chi connectivity index (χ0n) is 11.3. The molecule has 1 aromatic heterocycles. The molecule has 0 aliphatic carbocycles. The minimum Gasteiger partial charge on any atom is -0.381 e. The fourth-order valence-corrected chi connectivity index (χ4v) is 3.20. The average molecular weight is 316 g/mol. The molecule has 1 aliphatic heterocycles. The minimum absolute atomic E-state index is 0.296. The lowest BCUT2D eigenvalue weighted by Gasteiger charge is -2.31. The molecule has 2 unspecified atom stereocenters. The Bertz CT molecular complexity index is 386. The fraction of sp³-hybridized carbons (Fsp3) is 0.769. The number of rotatable bonds is 4. The van der Waals surface area contributed by atoms with Gasteiger partial charge >= 0.3 is 0 Å². The second-order valence-corrected chi connectivity index (χ2v) is 6.01. The Hall–Kier alpha value is -0.390. The van der Waals surface area contributed by atoms with E-state index in [1.54, 1.807) is 0 Å². The average Bonchev–Trinajstić information content (AvgIpc) is 2.74. The maximum absolute atomic E-state index is 5.62. The number of nitrogens with zero attached hydrogens (tertiary/aromatic N) is 2. The molecule has 0 spiro atoms. The number of nitrogens with one attached hydrogen (secondary N) is 1. The van der Waals surface area contributed by atoms with Crippen molar-refractivity contribution < 1.29 is 4.74 Å². The molecule has 2 heterocycles. The molecule has 1 aliphatic rings. The maximum atomic E-state index is 5.62. The van der Waals surface area contributed by atoms with E-state index in [0.29, 0.717) is 18.0 Å². The number of aromatic nitrogens is 2. The second-order valence-electron chi connectivity index (χ2n) is 5.16. The molecule has 5 heteroatoms. The highest BCUT2D eigenvalue weighted by Gasteiger charge is 2.29. The molecule has 0 amide bonds. The highest BCUT2D eigenvalue weighted by Crippen LogP contribution is 2.33.